The summed E-state index contributed by atoms with van der Waals surface area (Å²) in [6.45, 7) is 2.71. The molecule has 138 valence electrons. The quantitative estimate of drug-likeness (QED) is 0.790. The highest BCUT2D eigenvalue weighted by Gasteiger charge is 2.27. The van der Waals surface area contributed by atoms with Crippen molar-refractivity contribution in [2.45, 2.75) is 25.8 Å². The first-order valence-electron chi connectivity index (χ1n) is 8.92. The fourth-order valence-corrected chi connectivity index (χ4v) is 3.28. The Morgan fingerprint density at radius 1 is 1.19 bits per heavy atom. The Balaban J connectivity index is 1.39. The number of nitrogens with one attached hydrogen (secondary N) is 1. The van der Waals surface area contributed by atoms with E-state index in [0.29, 0.717) is 43.1 Å². The van der Waals surface area contributed by atoms with Crippen molar-refractivity contribution >= 4 is 23.4 Å². The van der Waals surface area contributed by atoms with E-state index in [1.807, 2.05) is 15.7 Å². The predicted molar refractivity (Wildman–Crippen MR) is 99.9 cm³/mol. The van der Waals surface area contributed by atoms with Crippen LogP contribution in [-0.4, -0.2) is 45.9 Å². The van der Waals surface area contributed by atoms with Gasteiger partial charge in [-0.1, -0.05) is 11.6 Å². The van der Waals surface area contributed by atoms with Gasteiger partial charge in [0.2, 0.25) is 5.91 Å². The maximum atomic E-state index is 12.5. The van der Waals surface area contributed by atoms with Crippen molar-refractivity contribution in [2.75, 3.05) is 19.6 Å². The number of hydrogen-bond donors (Lipinski definition) is 1. The Hall–Kier alpha value is -2.34. The topological polar surface area (TPSA) is 67.2 Å². The van der Waals surface area contributed by atoms with Crippen molar-refractivity contribution in [2.24, 2.45) is 5.92 Å². The Labute approximate surface area is 158 Å². The van der Waals surface area contributed by atoms with Gasteiger partial charge in [0, 0.05) is 55.1 Å². The minimum Gasteiger partial charge on any atom is -0.356 e. The molecule has 1 aromatic heterocycles. The van der Waals surface area contributed by atoms with Gasteiger partial charge in [-0.15, -0.1) is 0 Å². The molecular weight excluding hydrogens is 352 g/mol. The number of rotatable bonds is 6. The summed E-state index contributed by atoms with van der Waals surface area (Å²) in [6.07, 6.45) is 7.71. The Kier molecular flexibility index (Phi) is 6.28. The lowest BCUT2D eigenvalue weighted by Gasteiger charge is -2.31. The summed E-state index contributed by atoms with van der Waals surface area (Å²) in [5.41, 5.74) is 0.636. The molecule has 2 aromatic rings. The maximum absolute atomic E-state index is 12.5. The molecule has 0 unspecified atom stereocenters. The zero-order valence-corrected chi connectivity index (χ0v) is 15.4. The molecule has 26 heavy (non-hydrogen) atoms. The van der Waals surface area contributed by atoms with Crippen molar-refractivity contribution in [3.63, 3.8) is 0 Å². The molecule has 2 heterocycles. The smallest absolute Gasteiger partial charge is 0.253 e. The average Bonchev–Trinajstić information content (AvgIpc) is 3.19. The number of hydrogen-bond acceptors (Lipinski definition) is 3. The highest BCUT2D eigenvalue weighted by molar-refractivity contribution is 6.30. The van der Waals surface area contributed by atoms with Gasteiger partial charge >= 0.3 is 0 Å². The largest absolute Gasteiger partial charge is 0.356 e. The number of carbonyl (C=O) groups is 2. The zero-order valence-electron chi connectivity index (χ0n) is 14.6. The van der Waals surface area contributed by atoms with E-state index in [1.54, 1.807) is 36.8 Å². The summed E-state index contributed by atoms with van der Waals surface area (Å²) in [6, 6.07) is 6.92. The Morgan fingerprint density at radius 2 is 1.92 bits per heavy atom. The van der Waals surface area contributed by atoms with Crippen molar-refractivity contribution < 1.29 is 9.59 Å². The molecule has 6 nitrogen and oxygen atoms in total. The standard InChI is InChI=1S/C19H23ClN4O2/c20-17-4-2-16(3-5-17)19(26)24-11-6-15(7-12-24)18(25)22-8-1-10-23-13-9-21-14-23/h2-5,9,13-15H,1,6-8,10-12H2,(H,22,25). The number of imidazole rings is 1. The van der Waals surface area contributed by atoms with Gasteiger partial charge in [-0.3, -0.25) is 9.59 Å². The van der Waals surface area contributed by atoms with Gasteiger partial charge in [-0.25, -0.2) is 4.98 Å². The number of benzene rings is 1. The van der Waals surface area contributed by atoms with E-state index in [-0.39, 0.29) is 17.7 Å². The average molecular weight is 375 g/mol. The third-order valence-electron chi connectivity index (χ3n) is 4.70. The number of amides is 2. The molecule has 0 bridgehead atoms. The lowest BCUT2D eigenvalue weighted by molar-refractivity contribution is -0.126. The van der Waals surface area contributed by atoms with E-state index in [4.69, 9.17) is 11.6 Å². The molecule has 0 saturated carbocycles. The maximum Gasteiger partial charge on any atom is 0.253 e. The van der Waals surface area contributed by atoms with Gasteiger partial charge < -0.3 is 14.8 Å². The fourth-order valence-electron chi connectivity index (χ4n) is 3.16. The number of aromatic nitrogens is 2. The summed E-state index contributed by atoms with van der Waals surface area (Å²) < 4.78 is 1.99. The van der Waals surface area contributed by atoms with Crippen LogP contribution < -0.4 is 5.32 Å². The number of piperidine rings is 1. The molecule has 1 fully saturated rings. The number of carbonyl (C=O) groups excluding carboxylic acids is 2. The van der Waals surface area contributed by atoms with Gasteiger partial charge in [-0.05, 0) is 43.5 Å². The molecule has 1 aliphatic heterocycles. The van der Waals surface area contributed by atoms with Crippen molar-refractivity contribution in [1.82, 2.24) is 19.8 Å². The van der Waals surface area contributed by atoms with Crippen LogP contribution in [0.3, 0.4) is 0 Å². The van der Waals surface area contributed by atoms with E-state index < -0.39 is 0 Å². The van der Waals surface area contributed by atoms with Crippen LogP contribution in [0.25, 0.3) is 0 Å². The first-order valence-corrected chi connectivity index (χ1v) is 9.29. The molecule has 1 N–H and O–H groups in total. The van der Waals surface area contributed by atoms with Crippen LogP contribution in [-0.2, 0) is 11.3 Å². The van der Waals surface area contributed by atoms with Crippen LogP contribution >= 0.6 is 11.6 Å². The predicted octanol–water partition coefficient (Wildman–Crippen LogP) is 2.60. The van der Waals surface area contributed by atoms with Crippen LogP contribution in [0.15, 0.2) is 43.0 Å². The van der Waals surface area contributed by atoms with Gasteiger partial charge in [0.25, 0.3) is 5.91 Å². The van der Waals surface area contributed by atoms with E-state index in [2.05, 4.69) is 10.3 Å². The molecule has 1 aromatic carbocycles. The van der Waals surface area contributed by atoms with Gasteiger partial charge in [0.05, 0.1) is 6.33 Å². The van der Waals surface area contributed by atoms with Crippen LogP contribution in [0.2, 0.25) is 5.02 Å². The molecule has 1 saturated heterocycles. The van der Waals surface area contributed by atoms with Crippen molar-refractivity contribution in [3.05, 3.63) is 53.6 Å². The summed E-state index contributed by atoms with van der Waals surface area (Å²) in [5, 5.41) is 3.62. The molecule has 0 atom stereocenters. The summed E-state index contributed by atoms with van der Waals surface area (Å²) in [5.74, 6) is 0.0765. The van der Waals surface area contributed by atoms with Crippen LogP contribution in [0.5, 0.6) is 0 Å². The van der Waals surface area contributed by atoms with E-state index in [1.165, 1.54) is 0 Å². The SMILES string of the molecule is O=C(NCCCn1ccnc1)C1CCN(C(=O)c2ccc(Cl)cc2)CC1. The molecule has 7 heteroatoms. The second-order valence-electron chi connectivity index (χ2n) is 6.52. The van der Waals surface area contributed by atoms with E-state index in [9.17, 15) is 9.59 Å². The Morgan fingerprint density at radius 3 is 2.58 bits per heavy atom. The first-order chi connectivity index (χ1) is 12.6. The van der Waals surface area contributed by atoms with Gasteiger partial charge in [-0.2, -0.15) is 0 Å². The van der Waals surface area contributed by atoms with Crippen molar-refractivity contribution in [3.8, 4) is 0 Å². The minimum atomic E-state index is -0.0162. The minimum absolute atomic E-state index is 0.000793. The van der Waals surface area contributed by atoms with E-state index >= 15 is 0 Å². The highest BCUT2D eigenvalue weighted by Crippen LogP contribution is 2.20. The zero-order chi connectivity index (χ0) is 18.4. The van der Waals surface area contributed by atoms with Crippen LogP contribution in [0, 0.1) is 5.92 Å². The van der Waals surface area contributed by atoms with Crippen LogP contribution in [0.4, 0.5) is 0 Å². The molecule has 1 aliphatic rings. The fraction of sp³-hybridized carbons (Fsp3) is 0.421. The summed E-state index contributed by atoms with van der Waals surface area (Å²) >= 11 is 5.86. The molecule has 0 aliphatic carbocycles. The summed E-state index contributed by atoms with van der Waals surface area (Å²) in [7, 11) is 0. The van der Waals surface area contributed by atoms with Gasteiger partial charge in [0.15, 0.2) is 0 Å². The second kappa shape index (κ2) is 8.85. The normalized spacial score (nSPS) is 15.0. The van der Waals surface area contributed by atoms with Crippen molar-refractivity contribution in [1.29, 1.82) is 0 Å². The number of nitrogens with zero attached hydrogens (tertiary/aromatic N) is 3. The number of aryl methyl sites for hydroxylation is 1. The van der Waals surface area contributed by atoms with E-state index in [0.717, 1.165) is 13.0 Å². The number of likely N-dealkylation sites (tertiary alicyclic amines) is 1. The first kappa shape index (κ1) is 18.5. The molecule has 2 amide bonds. The number of halogens is 1. The monoisotopic (exact) mass is 374 g/mol. The third kappa shape index (κ3) is 4.85. The second-order valence-corrected chi connectivity index (χ2v) is 6.95. The Bertz CT molecular complexity index is 723. The molecule has 0 radical (unpaired) electrons. The third-order valence-corrected chi connectivity index (χ3v) is 4.95. The van der Waals surface area contributed by atoms with Gasteiger partial charge in [0.1, 0.15) is 0 Å². The summed E-state index contributed by atoms with van der Waals surface area (Å²) in [4.78, 5) is 30.6. The molecule has 0 spiro atoms. The highest BCUT2D eigenvalue weighted by atomic mass is 35.5. The molecule has 3 rings (SSSR count). The molecular formula is C19H23ClN4O2. The van der Waals surface area contributed by atoms with Crippen LogP contribution in [0.1, 0.15) is 29.6 Å². The lowest BCUT2D eigenvalue weighted by Crippen LogP contribution is -2.43. The lowest BCUT2D eigenvalue weighted by atomic mass is 9.95.